The van der Waals surface area contributed by atoms with Crippen LogP contribution in [0.3, 0.4) is 0 Å². The van der Waals surface area contributed by atoms with Crippen LogP contribution in [0.1, 0.15) is 45.6 Å². The lowest BCUT2D eigenvalue weighted by Gasteiger charge is -2.17. The summed E-state index contributed by atoms with van der Waals surface area (Å²) in [5, 5.41) is 3.63. The van der Waals surface area contributed by atoms with Crippen LogP contribution in [-0.2, 0) is 6.42 Å². The summed E-state index contributed by atoms with van der Waals surface area (Å²) in [5.41, 5.74) is 3.99. The van der Waals surface area contributed by atoms with Gasteiger partial charge in [0.2, 0.25) is 0 Å². The van der Waals surface area contributed by atoms with Crippen molar-refractivity contribution in [1.29, 1.82) is 0 Å². The summed E-state index contributed by atoms with van der Waals surface area (Å²) in [5.74, 6) is -0.437. The average molecular weight is 361 g/mol. The van der Waals surface area contributed by atoms with Crippen molar-refractivity contribution in [2.75, 3.05) is 0 Å². The molecule has 138 valence electrons. The number of fused-ring (bicyclic) bond motifs is 1. The first-order valence-electron chi connectivity index (χ1n) is 8.95. The molecule has 4 nitrogen and oxygen atoms in total. The maximum atomic E-state index is 12.7. The molecule has 3 rings (SSSR count). The van der Waals surface area contributed by atoms with E-state index in [1.54, 1.807) is 12.1 Å². The highest BCUT2D eigenvalue weighted by molar-refractivity contribution is 5.97. The summed E-state index contributed by atoms with van der Waals surface area (Å²) in [6.45, 7) is 9.64. The van der Waals surface area contributed by atoms with Crippen molar-refractivity contribution < 1.29 is 9.21 Å². The van der Waals surface area contributed by atoms with Crippen molar-refractivity contribution in [3.63, 3.8) is 0 Å². The maximum Gasteiger partial charge on any atom is 0.349 e. The van der Waals surface area contributed by atoms with Gasteiger partial charge >= 0.3 is 5.63 Å². The molecule has 0 radical (unpaired) electrons. The summed E-state index contributed by atoms with van der Waals surface area (Å²) < 4.78 is 5.46. The Morgan fingerprint density at radius 2 is 2.00 bits per heavy atom. The summed E-state index contributed by atoms with van der Waals surface area (Å²) in [6.07, 6.45) is 2.34. The van der Waals surface area contributed by atoms with Crippen LogP contribution >= 0.6 is 0 Å². The van der Waals surface area contributed by atoms with Gasteiger partial charge in [-0.05, 0) is 49.9 Å². The number of amides is 1. The van der Waals surface area contributed by atoms with Crippen molar-refractivity contribution in [3.05, 3.63) is 93.4 Å². The standard InChI is InChI=1S/C23H23NO3/c1-5-7-17-8-6-9-18-13-20(23(26)27-21(17)18)22(25)24-16(4)19-12-14(2)10-11-15(19)3/h5-6,8-13,16H,1,7H2,2-4H3,(H,24,25)/t16-/m0/s1. The van der Waals surface area contributed by atoms with Crippen LogP contribution in [0.15, 0.2) is 64.3 Å². The molecular weight excluding hydrogens is 338 g/mol. The Morgan fingerprint density at radius 3 is 2.74 bits per heavy atom. The van der Waals surface area contributed by atoms with E-state index >= 15 is 0 Å². The average Bonchev–Trinajstić information content (AvgIpc) is 2.63. The number of carbonyl (C=O) groups excluding carboxylic acids is 1. The first-order valence-corrected chi connectivity index (χ1v) is 8.95. The molecule has 1 amide bonds. The van der Waals surface area contributed by atoms with Gasteiger partial charge in [-0.3, -0.25) is 4.79 Å². The van der Waals surface area contributed by atoms with Gasteiger partial charge in [0.1, 0.15) is 11.1 Å². The van der Waals surface area contributed by atoms with E-state index in [9.17, 15) is 9.59 Å². The van der Waals surface area contributed by atoms with E-state index in [4.69, 9.17) is 4.42 Å². The lowest BCUT2D eigenvalue weighted by Crippen LogP contribution is -2.31. The molecule has 0 bridgehead atoms. The number of hydrogen-bond acceptors (Lipinski definition) is 3. The topological polar surface area (TPSA) is 59.3 Å². The van der Waals surface area contributed by atoms with Crippen LogP contribution in [0.5, 0.6) is 0 Å². The molecule has 0 spiro atoms. The van der Waals surface area contributed by atoms with E-state index in [1.165, 1.54) is 0 Å². The van der Waals surface area contributed by atoms with Crippen LogP contribution in [0.2, 0.25) is 0 Å². The minimum atomic E-state index is -0.635. The molecule has 0 fully saturated rings. The van der Waals surface area contributed by atoms with Crippen molar-refractivity contribution in [2.45, 2.75) is 33.2 Å². The molecule has 1 aromatic heterocycles. The van der Waals surface area contributed by atoms with E-state index in [-0.39, 0.29) is 11.6 Å². The number of benzene rings is 2. The van der Waals surface area contributed by atoms with Gasteiger partial charge in [-0.25, -0.2) is 4.79 Å². The highest BCUT2D eigenvalue weighted by Crippen LogP contribution is 2.21. The fourth-order valence-corrected chi connectivity index (χ4v) is 3.26. The number of nitrogens with one attached hydrogen (secondary N) is 1. The van der Waals surface area contributed by atoms with Crippen molar-refractivity contribution in [3.8, 4) is 0 Å². The van der Waals surface area contributed by atoms with Gasteiger partial charge in [-0.2, -0.15) is 0 Å². The molecule has 0 saturated heterocycles. The highest BCUT2D eigenvalue weighted by atomic mass is 16.4. The van der Waals surface area contributed by atoms with E-state index in [0.29, 0.717) is 12.0 Å². The van der Waals surface area contributed by atoms with Crippen LogP contribution in [0, 0.1) is 13.8 Å². The van der Waals surface area contributed by atoms with Gasteiger partial charge in [0.05, 0.1) is 6.04 Å². The molecule has 0 unspecified atom stereocenters. The minimum absolute atomic E-state index is 0.00964. The zero-order valence-corrected chi connectivity index (χ0v) is 15.8. The van der Waals surface area contributed by atoms with Crippen LogP contribution in [0.25, 0.3) is 11.0 Å². The van der Waals surface area contributed by atoms with Gasteiger partial charge in [0, 0.05) is 5.39 Å². The molecule has 1 N–H and O–H groups in total. The fraction of sp³-hybridized carbons (Fsp3) is 0.217. The van der Waals surface area contributed by atoms with E-state index in [2.05, 4.69) is 11.9 Å². The molecule has 27 heavy (non-hydrogen) atoms. The molecule has 0 aliphatic rings. The third kappa shape index (κ3) is 3.85. The Bertz CT molecular complexity index is 1080. The Kier molecular flexibility index (Phi) is 5.26. The molecular formula is C23H23NO3. The number of aryl methyl sites for hydroxylation is 2. The second-order valence-corrected chi connectivity index (χ2v) is 6.83. The van der Waals surface area contributed by atoms with Gasteiger partial charge in [0.25, 0.3) is 5.91 Å². The zero-order chi connectivity index (χ0) is 19.6. The monoisotopic (exact) mass is 361 g/mol. The number of para-hydroxylation sites is 1. The Morgan fingerprint density at radius 1 is 1.22 bits per heavy atom. The largest absolute Gasteiger partial charge is 0.422 e. The van der Waals surface area contributed by atoms with Crippen molar-refractivity contribution >= 4 is 16.9 Å². The quantitative estimate of drug-likeness (QED) is 0.532. The van der Waals surface area contributed by atoms with E-state index in [0.717, 1.165) is 27.6 Å². The Hall–Kier alpha value is -3.14. The van der Waals surface area contributed by atoms with E-state index in [1.807, 2.05) is 57.2 Å². The first kappa shape index (κ1) is 18.6. The molecule has 1 heterocycles. The van der Waals surface area contributed by atoms with Gasteiger partial charge < -0.3 is 9.73 Å². The predicted octanol–water partition coefficient (Wildman–Crippen LogP) is 4.63. The third-order valence-electron chi connectivity index (χ3n) is 4.70. The smallest absolute Gasteiger partial charge is 0.349 e. The van der Waals surface area contributed by atoms with Crippen LogP contribution in [-0.4, -0.2) is 5.91 Å². The molecule has 0 saturated carbocycles. The molecule has 3 aromatic rings. The van der Waals surface area contributed by atoms with Gasteiger partial charge in [-0.15, -0.1) is 6.58 Å². The lowest BCUT2D eigenvalue weighted by atomic mass is 9.99. The third-order valence-corrected chi connectivity index (χ3v) is 4.70. The number of rotatable bonds is 5. The number of hydrogen-bond donors (Lipinski definition) is 1. The second-order valence-electron chi connectivity index (χ2n) is 6.83. The summed E-state index contributed by atoms with van der Waals surface area (Å²) in [4.78, 5) is 25.1. The van der Waals surface area contributed by atoms with Crippen LogP contribution < -0.4 is 10.9 Å². The minimum Gasteiger partial charge on any atom is -0.422 e. The van der Waals surface area contributed by atoms with Crippen LogP contribution in [0.4, 0.5) is 0 Å². The lowest BCUT2D eigenvalue weighted by molar-refractivity contribution is 0.0936. The maximum absolute atomic E-state index is 12.7. The molecule has 0 aliphatic carbocycles. The number of allylic oxidation sites excluding steroid dienone is 1. The van der Waals surface area contributed by atoms with Gasteiger partial charge in [0.15, 0.2) is 0 Å². The fourth-order valence-electron chi connectivity index (χ4n) is 3.26. The summed E-state index contributed by atoms with van der Waals surface area (Å²) in [6, 6.07) is 13.1. The summed E-state index contributed by atoms with van der Waals surface area (Å²) >= 11 is 0. The van der Waals surface area contributed by atoms with Gasteiger partial charge in [-0.1, -0.05) is 48.0 Å². The van der Waals surface area contributed by atoms with Crippen molar-refractivity contribution in [2.24, 2.45) is 0 Å². The molecule has 0 aliphatic heterocycles. The molecule has 1 atom stereocenters. The Labute approximate surface area is 158 Å². The van der Waals surface area contributed by atoms with Crippen molar-refractivity contribution in [1.82, 2.24) is 5.32 Å². The zero-order valence-electron chi connectivity index (χ0n) is 15.8. The SMILES string of the molecule is C=CCc1cccc2cc(C(=O)N[C@@H](C)c3cc(C)ccc3C)c(=O)oc12. The molecule has 4 heteroatoms. The van der Waals surface area contributed by atoms with E-state index < -0.39 is 11.5 Å². The Balaban J connectivity index is 1.94. The normalized spacial score (nSPS) is 12.0. The first-order chi connectivity index (χ1) is 12.9. The molecule has 2 aromatic carbocycles. The second kappa shape index (κ2) is 7.62. The summed E-state index contributed by atoms with van der Waals surface area (Å²) in [7, 11) is 0. The highest BCUT2D eigenvalue weighted by Gasteiger charge is 2.18. The number of carbonyl (C=O) groups is 1. The predicted molar refractivity (Wildman–Crippen MR) is 108 cm³/mol.